The first-order chi connectivity index (χ1) is 10.7. The zero-order valence-electron chi connectivity index (χ0n) is 14.0. The van der Waals surface area contributed by atoms with Gasteiger partial charge in [0.25, 0.3) is 0 Å². The Balaban J connectivity index is 2.05. The van der Waals surface area contributed by atoms with Crippen LogP contribution in [-0.4, -0.2) is 49.3 Å². The number of carbonyl (C=O) groups is 1. The molecule has 1 aromatic rings. The van der Waals surface area contributed by atoms with Gasteiger partial charge in [-0.25, -0.2) is 8.42 Å². The van der Waals surface area contributed by atoms with Crippen LogP contribution in [0.25, 0.3) is 0 Å². The van der Waals surface area contributed by atoms with Crippen LogP contribution < -0.4 is 15.4 Å². The lowest BCUT2D eigenvalue weighted by Crippen LogP contribution is -2.52. The van der Waals surface area contributed by atoms with Gasteiger partial charge in [0.05, 0.1) is 17.4 Å². The van der Waals surface area contributed by atoms with Gasteiger partial charge in [-0.2, -0.15) is 9.82 Å². The summed E-state index contributed by atoms with van der Waals surface area (Å²) in [6.45, 7) is 6.54. The van der Waals surface area contributed by atoms with Crippen molar-refractivity contribution < 1.29 is 13.2 Å². The normalized spacial score (nSPS) is 20.3. The number of hydrogen-bond donors (Lipinski definition) is 3. The Morgan fingerprint density at radius 2 is 2.13 bits per heavy atom. The molecule has 9 heteroatoms. The predicted octanol–water partition coefficient (Wildman–Crippen LogP) is -0.428. The highest BCUT2D eigenvalue weighted by molar-refractivity contribution is 7.89. The minimum Gasteiger partial charge on any atom is -0.351 e. The van der Waals surface area contributed by atoms with Gasteiger partial charge >= 0.3 is 0 Å². The molecule has 0 saturated carbocycles. The topological polar surface area (TPSA) is 105 Å². The Morgan fingerprint density at radius 3 is 2.65 bits per heavy atom. The van der Waals surface area contributed by atoms with Crippen molar-refractivity contribution in [3.63, 3.8) is 0 Å². The van der Waals surface area contributed by atoms with E-state index in [1.807, 2.05) is 0 Å². The van der Waals surface area contributed by atoms with Crippen molar-refractivity contribution in [1.82, 2.24) is 25.1 Å². The number of aromatic nitrogens is 2. The van der Waals surface area contributed by atoms with E-state index in [1.165, 1.54) is 4.68 Å². The summed E-state index contributed by atoms with van der Waals surface area (Å²) in [5.74, 6) is -0.318. The Labute approximate surface area is 137 Å². The summed E-state index contributed by atoms with van der Waals surface area (Å²) in [6.07, 6.45) is 1.90. The number of hydrogen-bond acceptors (Lipinski definition) is 5. The van der Waals surface area contributed by atoms with Crippen LogP contribution in [0.2, 0.25) is 0 Å². The summed E-state index contributed by atoms with van der Waals surface area (Å²) >= 11 is 0. The third kappa shape index (κ3) is 4.10. The van der Waals surface area contributed by atoms with Crippen molar-refractivity contribution in [2.75, 3.05) is 13.1 Å². The van der Waals surface area contributed by atoms with Gasteiger partial charge in [-0.05, 0) is 40.2 Å². The van der Waals surface area contributed by atoms with Gasteiger partial charge in [-0.15, -0.1) is 0 Å². The molecule has 1 saturated heterocycles. The summed E-state index contributed by atoms with van der Waals surface area (Å²) in [5, 5.41) is 10.2. The molecule has 0 aliphatic carbocycles. The molecule has 2 heterocycles. The van der Waals surface area contributed by atoms with Crippen LogP contribution >= 0.6 is 0 Å². The SMILES string of the molecule is Cc1nn(C)c(C)c1S(=O)(=O)NC(C)C(=O)NC1CCCNC1. The largest absolute Gasteiger partial charge is 0.351 e. The fraction of sp³-hybridized carbons (Fsp3) is 0.714. The summed E-state index contributed by atoms with van der Waals surface area (Å²) in [5.41, 5.74) is 0.959. The molecule has 1 fully saturated rings. The van der Waals surface area contributed by atoms with Crippen molar-refractivity contribution in [1.29, 1.82) is 0 Å². The van der Waals surface area contributed by atoms with Crippen molar-refractivity contribution in [3.8, 4) is 0 Å². The van der Waals surface area contributed by atoms with E-state index in [2.05, 4.69) is 20.5 Å². The van der Waals surface area contributed by atoms with Gasteiger partial charge in [0, 0.05) is 19.6 Å². The maximum atomic E-state index is 12.5. The van der Waals surface area contributed by atoms with Gasteiger partial charge in [-0.3, -0.25) is 9.48 Å². The second kappa shape index (κ2) is 6.98. The Morgan fingerprint density at radius 1 is 1.43 bits per heavy atom. The average molecular weight is 343 g/mol. The summed E-state index contributed by atoms with van der Waals surface area (Å²) in [4.78, 5) is 12.3. The van der Waals surface area contributed by atoms with E-state index in [0.717, 1.165) is 19.4 Å². The van der Waals surface area contributed by atoms with Gasteiger partial charge in [-0.1, -0.05) is 0 Å². The van der Waals surface area contributed by atoms with E-state index in [-0.39, 0.29) is 16.8 Å². The van der Waals surface area contributed by atoms with E-state index < -0.39 is 16.1 Å². The Bertz CT molecular complexity index is 677. The lowest BCUT2D eigenvalue weighted by Gasteiger charge is -2.25. The highest BCUT2D eigenvalue weighted by Crippen LogP contribution is 2.18. The third-order valence-corrected chi connectivity index (χ3v) is 5.87. The Kier molecular flexibility index (Phi) is 5.43. The maximum absolute atomic E-state index is 12.5. The number of rotatable bonds is 5. The first-order valence-electron chi connectivity index (χ1n) is 7.76. The van der Waals surface area contributed by atoms with Crippen LogP contribution in [0.5, 0.6) is 0 Å². The number of carbonyl (C=O) groups excluding carboxylic acids is 1. The van der Waals surface area contributed by atoms with Crippen LogP contribution in [0, 0.1) is 13.8 Å². The van der Waals surface area contributed by atoms with Crippen LogP contribution in [0.1, 0.15) is 31.2 Å². The van der Waals surface area contributed by atoms with E-state index in [0.29, 0.717) is 17.9 Å². The predicted molar refractivity (Wildman–Crippen MR) is 86.5 cm³/mol. The van der Waals surface area contributed by atoms with Crippen LogP contribution in [0.3, 0.4) is 0 Å². The molecule has 1 amide bonds. The number of aryl methyl sites for hydroxylation is 2. The highest BCUT2D eigenvalue weighted by Gasteiger charge is 2.28. The van der Waals surface area contributed by atoms with Crippen molar-refractivity contribution in [2.45, 2.75) is 50.6 Å². The maximum Gasteiger partial charge on any atom is 0.244 e. The molecular weight excluding hydrogens is 318 g/mol. The molecule has 130 valence electrons. The number of nitrogens with one attached hydrogen (secondary N) is 3. The molecule has 8 nitrogen and oxygen atoms in total. The van der Waals surface area contributed by atoms with Crippen molar-refractivity contribution in [3.05, 3.63) is 11.4 Å². The first kappa shape index (κ1) is 17.9. The van der Waals surface area contributed by atoms with E-state index >= 15 is 0 Å². The molecule has 0 radical (unpaired) electrons. The number of piperidine rings is 1. The molecule has 1 aliphatic rings. The second-order valence-electron chi connectivity index (χ2n) is 6.02. The molecule has 0 spiro atoms. The van der Waals surface area contributed by atoms with Crippen LogP contribution in [0.4, 0.5) is 0 Å². The van der Waals surface area contributed by atoms with Gasteiger partial charge in [0.1, 0.15) is 4.90 Å². The minimum atomic E-state index is -3.80. The van der Waals surface area contributed by atoms with E-state index in [4.69, 9.17) is 0 Å². The van der Waals surface area contributed by atoms with Crippen molar-refractivity contribution in [2.24, 2.45) is 7.05 Å². The highest BCUT2D eigenvalue weighted by atomic mass is 32.2. The second-order valence-corrected chi connectivity index (χ2v) is 7.67. The molecule has 1 aliphatic heterocycles. The monoisotopic (exact) mass is 343 g/mol. The zero-order valence-corrected chi connectivity index (χ0v) is 14.8. The summed E-state index contributed by atoms with van der Waals surface area (Å²) in [6, 6.07) is -0.800. The van der Waals surface area contributed by atoms with Crippen molar-refractivity contribution >= 4 is 15.9 Å². The molecule has 0 aromatic carbocycles. The van der Waals surface area contributed by atoms with Crippen LogP contribution in [-0.2, 0) is 21.9 Å². The molecule has 1 aromatic heterocycles. The zero-order chi connectivity index (χ0) is 17.2. The quantitative estimate of drug-likeness (QED) is 0.673. The number of sulfonamides is 1. The smallest absolute Gasteiger partial charge is 0.244 e. The molecule has 0 bridgehead atoms. The molecule has 3 N–H and O–H groups in total. The van der Waals surface area contributed by atoms with Crippen LogP contribution in [0.15, 0.2) is 4.90 Å². The average Bonchev–Trinajstić information content (AvgIpc) is 2.73. The number of nitrogens with zero attached hydrogens (tertiary/aromatic N) is 2. The van der Waals surface area contributed by atoms with Gasteiger partial charge in [0.2, 0.25) is 15.9 Å². The van der Waals surface area contributed by atoms with Gasteiger partial charge in [0.15, 0.2) is 0 Å². The third-order valence-electron chi connectivity index (χ3n) is 4.08. The fourth-order valence-corrected chi connectivity index (χ4v) is 4.43. The molecule has 2 atom stereocenters. The molecule has 2 rings (SSSR count). The summed E-state index contributed by atoms with van der Waals surface area (Å²) < 4.78 is 29.0. The summed E-state index contributed by atoms with van der Waals surface area (Å²) in [7, 11) is -2.11. The first-order valence-corrected chi connectivity index (χ1v) is 9.24. The fourth-order valence-electron chi connectivity index (χ4n) is 2.79. The minimum absolute atomic E-state index is 0.0464. The number of amides is 1. The molecule has 23 heavy (non-hydrogen) atoms. The standard InChI is InChI=1S/C14H25N5O3S/c1-9-13(11(3)19(4)17-9)23(21,22)18-10(2)14(20)16-12-6-5-7-15-8-12/h10,12,15,18H,5-8H2,1-4H3,(H,16,20). The van der Waals surface area contributed by atoms with E-state index in [9.17, 15) is 13.2 Å². The molecular formula is C14H25N5O3S. The van der Waals surface area contributed by atoms with E-state index in [1.54, 1.807) is 27.8 Å². The Hall–Kier alpha value is -1.45. The lowest BCUT2D eigenvalue weighted by atomic mass is 10.1. The molecule has 2 unspecified atom stereocenters. The van der Waals surface area contributed by atoms with Gasteiger partial charge < -0.3 is 10.6 Å². The lowest BCUT2D eigenvalue weighted by molar-refractivity contribution is -0.123.